The van der Waals surface area contributed by atoms with Crippen molar-refractivity contribution in [3.8, 4) is 0 Å². The van der Waals surface area contributed by atoms with Gasteiger partial charge in [-0.15, -0.1) is 0 Å². The van der Waals surface area contributed by atoms with E-state index < -0.39 is 0 Å². The number of hydrogen-bond donors (Lipinski definition) is 1. The summed E-state index contributed by atoms with van der Waals surface area (Å²) >= 11 is 0. The van der Waals surface area contributed by atoms with Crippen molar-refractivity contribution in [2.45, 2.75) is 38.3 Å². The van der Waals surface area contributed by atoms with Crippen LogP contribution < -0.4 is 5.32 Å². The summed E-state index contributed by atoms with van der Waals surface area (Å²) in [6.07, 6.45) is 2.95. The van der Waals surface area contributed by atoms with Gasteiger partial charge in [0.05, 0.1) is 0 Å². The third kappa shape index (κ3) is 2.49. The predicted octanol–water partition coefficient (Wildman–Crippen LogP) is 0.376. The van der Waals surface area contributed by atoms with E-state index in [1.54, 1.807) is 0 Å². The van der Waals surface area contributed by atoms with Crippen LogP contribution in [-0.4, -0.2) is 49.2 Å². The highest BCUT2D eigenvalue weighted by Gasteiger charge is 2.30. The Balaban J connectivity index is 1.92. The van der Waals surface area contributed by atoms with Gasteiger partial charge in [-0.25, -0.2) is 0 Å². The van der Waals surface area contributed by atoms with Gasteiger partial charge in [-0.05, 0) is 26.2 Å². The quantitative estimate of drug-likeness (QED) is 0.683. The average molecular weight is 212 g/mol. The number of rotatable bonds is 1. The Kier molecular flexibility index (Phi) is 3.59. The van der Waals surface area contributed by atoms with Crippen LogP contribution in [0.5, 0.6) is 0 Å². The van der Waals surface area contributed by atoms with Crippen molar-refractivity contribution < 1.29 is 9.53 Å². The molecule has 4 nitrogen and oxygen atoms in total. The summed E-state index contributed by atoms with van der Waals surface area (Å²) in [6.45, 7) is 5.46. The molecule has 1 amide bonds. The number of carbonyl (C=O) groups excluding carboxylic acids is 1. The van der Waals surface area contributed by atoms with Crippen LogP contribution in [0.2, 0.25) is 0 Å². The minimum absolute atomic E-state index is 0.167. The summed E-state index contributed by atoms with van der Waals surface area (Å²) in [5.74, 6) is 0.198. The molecule has 0 aromatic rings. The number of ether oxygens (including phenoxy) is 1. The second-order valence-electron chi connectivity index (χ2n) is 4.44. The van der Waals surface area contributed by atoms with Crippen molar-refractivity contribution in [1.29, 1.82) is 0 Å². The molecule has 0 aromatic carbocycles. The summed E-state index contributed by atoms with van der Waals surface area (Å²) in [5.41, 5.74) is 0. The van der Waals surface area contributed by atoms with Gasteiger partial charge in [-0.2, -0.15) is 0 Å². The molecule has 2 fully saturated rings. The lowest BCUT2D eigenvalue weighted by Crippen LogP contribution is -2.55. The van der Waals surface area contributed by atoms with E-state index in [0.717, 1.165) is 45.5 Å². The summed E-state index contributed by atoms with van der Waals surface area (Å²) in [7, 11) is 0. The van der Waals surface area contributed by atoms with Crippen molar-refractivity contribution in [3.05, 3.63) is 0 Å². The lowest BCUT2D eigenvalue weighted by atomic mass is 10.1. The molecule has 2 saturated heterocycles. The molecule has 1 unspecified atom stereocenters. The maximum Gasteiger partial charge on any atom is 0.252 e. The molecule has 2 aliphatic rings. The molecule has 2 heterocycles. The molecule has 15 heavy (non-hydrogen) atoms. The lowest BCUT2D eigenvalue weighted by molar-refractivity contribution is -0.149. The van der Waals surface area contributed by atoms with Gasteiger partial charge in [-0.3, -0.25) is 4.79 Å². The minimum atomic E-state index is -0.167. The normalized spacial score (nSPS) is 32.7. The van der Waals surface area contributed by atoms with E-state index in [1.165, 1.54) is 0 Å². The third-order valence-electron chi connectivity index (χ3n) is 3.24. The summed E-state index contributed by atoms with van der Waals surface area (Å²) in [6, 6.07) is 0.303. The SMILES string of the molecule is C[C@@H]1CNCCN1C(=O)C1CCCCO1. The first kappa shape index (κ1) is 10.9. The van der Waals surface area contributed by atoms with Crippen molar-refractivity contribution in [1.82, 2.24) is 10.2 Å². The van der Waals surface area contributed by atoms with Gasteiger partial charge in [0.25, 0.3) is 5.91 Å². The Bertz CT molecular complexity index is 227. The Hall–Kier alpha value is -0.610. The van der Waals surface area contributed by atoms with E-state index in [9.17, 15) is 4.79 Å². The molecule has 0 aliphatic carbocycles. The van der Waals surface area contributed by atoms with E-state index in [2.05, 4.69) is 12.2 Å². The Morgan fingerprint density at radius 3 is 3.00 bits per heavy atom. The molecule has 0 radical (unpaired) electrons. The van der Waals surface area contributed by atoms with Gasteiger partial charge in [0, 0.05) is 32.3 Å². The first-order chi connectivity index (χ1) is 7.29. The highest BCUT2D eigenvalue weighted by Crippen LogP contribution is 2.16. The van der Waals surface area contributed by atoms with E-state index in [0.29, 0.717) is 6.04 Å². The second kappa shape index (κ2) is 4.94. The van der Waals surface area contributed by atoms with Gasteiger partial charge >= 0.3 is 0 Å². The fourth-order valence-electron chi connectivity index (χ4n) is 2.29. The third-order valence-corrected chi connectivity index (χ3v) is 3.24. The number of nitrogens with zero attached hydrogens (tertiary/aromatic N) is 1. The molecule has 4 heteroatoms. The van der Waals surface area contributed by atoms with Gasteiger partial charge in [-0.1, -0.05) is 0 Å². The topological polar surface area (TPSA) is 41.6 Å². The zero-order valence-corrected chi connectivity index (χ0v) is 9.37. The molecule has 2 atom stereocenters. The van der Waals surface area contributed by atoms with Crippen LogP contribution in [-0.2, 0) is 9.53 Å². The van der Waals surface area contributed by atoms with Crippen LogP contribution in [0.3, 0.4) is 0 Å². The van der Waals surface area contributed by atoms with Crippen LogP contribution in [0.4, 0.5) is 0 Å². The smallest absolute Gasteiger partial charge is 0.252 e. The molecule has 0 saturated carbocycles. The Morgan fingerprint density at radius 2 is 2.33 bits per heavy atom. The van der Waals surface area contributed by atoms with E-state index in [-0.39, 0.29) is 12.0 Å². The molecular formula is C11H20N2O2. The largest absolute Gasteiger partial charge is 0.368 e. The lowest BCUT2D eigenvalue weighted by Gasteiger charge is -2.37. The molecule has 2 rings (SSSR count). The van der Waals surface area contributed by atoms with Crippen molar-refractivity contribution in [2.75, 3.05) is 26.2 Å². The molecule has 0 spiro atoms. The average Bonchev–Trinajstić information content (AvgIpc) is 2.30. The number of hydrogen-bond acceptors (Lipinski definition) is 3. The molecular weight excluding hydrogens is 192 g/mol. The number of nitrogens with one attached hydrogen (secondary N) is 1. The Labute approximate surface area is 91.0 Å². The van der Waals surface area contributed by atoms with Crippen LogP contribution in [0.15, 0.2) is 0 Å². The maximum absolute atomic E-state index is 12.1. The Morgan fingerprint density at radius 1 is 1.47 bits per heavy atom. The number of amides is 1. The molecule has 0 aromatic heterocycles. The van der Waals surface area contributed by atoms with Gasteiger partial charge < -0.3 is 15.0 Å². The van der Waals surface area contributed by atoms with Crippen molar-refractivity contribution >= 4 is 5.91 Å². The highest BCUT2D eigenvalue weighted by molar-refractivity contribution is 5.81. The molecule has 1 N–H and O–H groups in total. The zero-order valence-electron chi connectivity index (χ0n) is 9.37. The number of piperazine rings is 1. The van der Waals surface area contributed by atoms with E-state index in [4.69, 9.17) is 4.74 Å². The van der Waals surface area contributed by atoms with Crippen molar-refractivity contribution in [2.24, 2.45) is 0 Å². The van der Waals surface area contributed by atoms with Crippen LogP contribution >= 0.6 is 0 Å². The highest BCUT2D eigenvalue weighted by atomic mass is 16.5. The van der Waals surface area contributed by atoms with Gasteiger partial charge in [0.15, 0.2) is 0 Å². The molecule has 0 bridgehead atoms. The predicted molar refractivity (Wildman–Crippen MR) is 57.6 cm³/mol. The fourth-order valence-corrected chi connectivity index (χ4v) is 2.29. The first-order valence-electron chi connectivity index (χ1n) is 5.92. The second-order valence-corrected chi connectivity index (χ2v) is 4.44. The van der Waals surface area contributed by atoms with Crippen LogP contribution in [0, 0.1) is 0 Å². The number of carbonyl (C=O) groups is 1. The van der Waals surface area contributed by atoms with E-state index >= 15 is 0 Å². The molecule has 86 valence electrons. The summed E-state index contributed by atoms with van der Waals surface area (Å²) in [4.78, 5) is 14.1. The standard InChI is InChI=1S/C11H20N2O2/c1-9-8-12-5-6-13(9)11(14)10-4-2-3-7-15-10/h9-10,12H,2-8H2,1H3/t9-,10?/m1/s1. The van der Waals surface area contributed by atoms with Crippen LogP contribution in [0.25, 0.3) is 0 Å². The first-order valence-corrected chi connectivity index (χ1v) is 5.92. The fraction of sp³-hybridized carbons (Fsp3) is 0.909. The monoisotopic (exact) mass is 212 g/mol. The molecule has 2 aliphatic heterocycles. The maximum atomic E-state index is 12.1. The van der Waals surface area contributed by atoms with Gasteiger partial charge in [0.2, 0.25) is 0 Å². The van der Waals surface area contributed by atoms with Crippen LogP contribution in [0.1, 0.15) is 26.2 Å². The minimum Gasteiger partial charge on any atom is -0.368 e. The zero-order chi connectivity index (χ0) is 10.7. The van der Waals surface area contributed by atoms with Gasteiger partial charge in [0.1, 0.15) is 6.10 Å². The van der Waals surface area contributed by atoms with Crippen molar-refractivity contribution in [3.63, 3.8) is 0 Å². The summed E-state index contributed by atoms with van der Waals surface area (Å²) < 4.78 is 5.53. The summed E-state index contributed by atoms with van der Waals surface area (Å²) in [5, 5.41) is 3.29. The van der Waals surface area contributed by atoms with E-state index in [1.807, 2.05) is 4.90 Å².